The Labute approximate surface area is 149 Å². The van der Waals surface area contributed by atoms with E-state index >= 15 is 0 Å². The van der Waals surface area contributed by atoms with Gasteiger partial charge in [0.2, 0.25) is 0 Å². The summed E-state index contributed by atoms with van der Waals surface area (Å²) < 4.78 is 5.19. The van der Waals surface area contributed by atoms with Crippen LogP contribution in [0.5, 0.6) is 5.75 Å². The minimum absolute atomic E-state index is 0.0609. The molecule has 1 aromatic rings. The number of piperidine rings is 1. The smallest absolute Gasteiger partial charge is 0.254 e. The molecule has 1 aliphatic carbocycles. The van der Waals surface area contributed by atoms with Crippen LogP contribution in [0.3, 0.4) is 0 Å². The van der Waals surface area contributed by atoms with E-state index in [1.807, 2.05) is 11.0 Å². The first-order valence-corrected chi connectivity index (χ1v) is 8.80. The van der Waals surface area contributed by atoms with E-state index in [1.54, 1.807) is 31.4 Å². The summed E-state index contributed by atoms with van der Waals surface area (Å²) in [5.41, 5.74) is 9.86. The van der Waals surface area contributed by atoms with Gasteiger partial charge in [0.25, 0.3) is 5.91 Å². The van der Waals surface area contributed by atoms with E-state index in [0.29, 0.717) is 22.9 Å². The van der Waals surface area contributed by atoms with Crippen molar-refractivity contribution in [2.45, 2.75) is 32.2 Å². The molecule has 2 atom stereocenters. The van der Waals surface area contributed by atoms with E-state index in [-0.39, 0.29) is 11.9 Å². The molecule has 1 aromatic carbocycles. The number of nitrogens with two attached hydrogens (primary N) is 1. The Morgan fingerprint density at radius 3 is 2.92 bits per heavy atom. The first kappa shape index (κ1) is 17.3. The summed E-state index contributed by atoms with van der Waals surface area (Å²) >= 11 is 0. The first-order chi connectivity index (χ1) is 12.1. The summed E-state index contributed by atoms with van der Waals surface area (Å²) in [5.74, 6) is 1.08. The molecule has 0 spiro atoms. The molecule has 2 N–H and O–H groups in total. The maximum atomic E-state index is 13.1. The third kappa shape index (κ3) is 3.21. The molecule has 1 aliphatic heterocycles. The zero-order valence-electron chi connectivity index (χ0n) is 15.0. The van der Waals surface area contributed by atoms with Crippen LogP contribution in [0.15, 0.2) is 54.2 Å². The molecule has 1 heterocycles. The highest BCUT2D eigenvalue weighted by Gasteiger charge is 2.40. The second kappa shape index (κ2) is 7.18. The molecule has 0 bridgehead atoms. The lowest BCUT2D eigenvalue weighted by molar-refractivity contribution is 0.0564. The van der Waals surface area contributed by atoms with E-state index < -0.39 is 0 Å². The summed E-state index contributed by atoms with van der Waals surface area (Å²) in [6.45, 7) is 6.74. The Morgan fingerprint density at radius 1 is 1.44 bits per heavy atom. The minimum atomic E-state index is 0.0609. The number of methoxy groups -OCH3 is 1. The van der Waals surface area contributed by atoms with Crippen molar-refractivity contribution in [2.24, 2.45) is 5.92 Å². The van der Waals surface area contributed by atoms with Crippen LogP contribution in [0.4, 0.5) is 5.69 Å². The quantitative estimate of drug-likeness (QED) is 0.668. The van der Waals surface area contributed by atoms with Crippen LogP contribution >= 0.6 is 0 Å². The van der Waals surface area contributed by atoms with Gasteiger partial charge in [-0.05, 0) is 50.0 Å². The van der Waals surface area contributed by atoms with Crippen LogP contribution in [-0.4, -0.2) is 30.5 Å². The number of amides is 1. The topological polar surface area (TPSA) is 55.6 Å². The van der Waals surface area contributed by atoms with Gasteiger partial charge in [-0.2, -0.15) is 0 Å². The molecule has 1 saturated heterocycles. The lowest BCUT2D eigenvalue weighted by Gasteiger charge is -2.38. The standard InChI is InChI=1S/C21H26N2O2/c1-4-5-7-16-14(2)12-19-17(16)8-6-11-23(19)21(24)15-9-10-20(25-3)18(22)13-15/h4-5,7,9-10,13,17,19H,1,6,8,11-12,22H2,2-3H3/b7-5-/t17-,19+/m1/s1. The molecule has 2 aliphatic rings. The minimum Gasteiger partial charge on any atom is -0.495 e. The van der Waals surface area contributed by atoms with Crippen LogP contribution in [0.2, 0.25) is 0 Å². The van der Waals surface area contributed by atoms with Gasteiger partial charge >= 0.3 is 0 Å². The van der Waals surface area contributed by atoms with E-state index in [2.05, 4.69) is 19.6 Å². The third-order valence-electron chi connectivity index (χ3n) is 5.34. The average Bonchev–Trinajstić information content (AvgIpc) is 2.94. The Kier molecular flexibility index (Phi) is 4.98. The molecule has 4 nitrogen and oxygen atoms in total. The fourth-order valence-corrected chi connectivity index (χ4v) is 4.14. The second-order valence-corrected chi connectivity index (χ2v) is 6.81. The zero-order chi connectivity index (χ0) is 18.0. The van der Waals surface area contributed by atoms with Crippen molar-refractivity contribution in [3.8, 4) is 5.75 Å². The molecular weight excluding hydrogens is 312 g/mol. The van der Waals surface area contributed by atoms with E-state index in [4.69, 9.17) is 10.5 Å². The molecule has 1 fully saturated rings. The fourth-order valence-electron chi connectivity index (χ4n) is 4.14. The number of carbonyl (C=O) groups excluding carboxylic acids is 1. The number of rotatable bonds is 4. The molecule has 4 heteroatoms. The highest BCUT2D eigenvalue weighted by Crippen LogP contribution is 2.42. The predicted octanol–water partition coefficient (Wildman–Crippen LogP) is 3.96. The molecular formula is C21H26N2O2. The number of nitrogen functional groups attached to an aromatic ring is 1. The van der Waals surface area contributed by atoms with Crippen molar-refractivity contribution in [1.29, 1.82) is 0 Å². The predicted molar refractivity (Wildman–Crippen MR) is 102 cm³/mol. The normalized spacial score (nSPS) is 23.0. The molecule has 1 amide bonds. The number of ether oxygens (including phenoxy) is 1. The number of hydrogen-bond acceptors (Lipinski definition) is 3. The van der Waals surface area contributed by atoms with Crippen molar-refractivity contribution in [2.75, 3.05) is 19.4 Å². The molecule has 0 radical (unpaired) electrons. The van der Waals surface area contributed by atoms with Gasteiger partial charge in [0.1, 0.15) is 5.75 Å². The van der Waals surface area contributed by atoms with Gasteiger partial charge in [0.05, 0.1) is 12.8 Å². The molecule has 0 saturated carbocycles. The lowest BCUT2D eigenvalue weighted by Crippen LogP contribution is -2.47. The summed E-state index contributed by atoms with van der Waals surface area (Å²) in [6.07, 6.45) is 9.06. The summed E-state index contributed by atoms with van der Waals surface area (Å²) in [5, 5.41) is 0. The van der Waals surface area contributed by atoms with Gasteiger partial charge in [0.15, 0.2) is 0 Å². The molecule has 25 heavy (non-hydrogen) atoms. The number of fused-ring (bicyclic) bond motifs is 1. The molecule has 0 aromatic heterocycles. The van der Waals surface area contributed by atoms with Crippen molar-refractivity contribution < 1.29 is 9.53 Å². The van der Waals surface area contributed by atoms with Crippen molar-refractivity contribution in [3.05, 3.63) is 59.7 Å². The number of anilines is 1. The summed E-state index contributed by atoms with van der Waals surface area (Å²) in [4.78, 5) is 15.1. The lowest BCUT2D eigenvalue weighted by atomic mass is 9.87. The van der Waals surface area contributed by atoms with Crippen LogP contribution in [-0.2, 0) is 0 Å². The monoisotopic (exact) mass is 338 g/mol. The summed E-state index contributed by atoms with van der Waals surface area (Å²) in [6, 6.07) is 5.53. The number of nitrogens with zero attached hydrogens (tertiary/aromatic N) is 1. The van der Waals surface area contributed by atoms with Crippen LogP contribution in [0.25, 0.3) is 0 Å². The first-order valence-electron chi connectivity index (χ1n) is 8.80. The van der Waals surface area contributed by atoms with E-state index in [9.17, 15) is 4.79 Å². The van der Waals surface area contributed by atoms with Gasteiger partial charge in [0, 0.05) is 24.1 Å². The SMILES string of the molecule is C=C/C=C\C1=C(C)C[C@H]2[C@@H]1CCCN2C(=O)c1ccc(OC)c(N)c1. The second-order valence-electron chi connectivity index (χ2n) is 6.81. The largest absolute Gasteiger partial charge is 0.495 e. The van der Waals surface area contributed by atoms with Crippen LogP contribution in [0, 0.1) is 5.92 Å². The number of carbonyl (C=O) groups is 1. The van der Waals surface area contributed by atoms with Gasteiger partial charge in [-0.25, -0.2) is 0 Å². The highest BCUT2D eigenvalue weighted by atomic mass is 16.5. The molecule has 132 valence electrons. The van der Waals surface area contributed by atoms with Crippen molar-refractivity contribution in [1.82, 2.24) is 4.90 Å². The van der Waals surface area contributed by atoms with Crippen molar-refractivity contribution >= 4 is 11.6 Å². The Morgan fingerprint density at radius 2 is 2.24 bits per heavy atom. The maximum Gasteiger partial charge on any atom is 0.254 e. The average molecular weight is 338 g/mol. The van der Waals surface area contributed by atoms with Crippen LogP contribution in [0.1, 0.15) is 36.5 Å². The molecule has 0 unspecified atom stereocenters. The van der Waals surface area contributed by atoms with Gasteiger partial charge in [-0.1, -0.05) is 30.4 Å². The fraction of sp³-hybridized carbons (Fsp3) is 0.381. The van der Waals surface area contributed by atoms with Crippen molar-refractivity contribution in [3.63, 3.8) is 0 Å². The molecule has 3 rings (SSSR count). The maximum absolute atomic E-state index is 13.1. The highest BCUT2D eigenvalue weighted by molar-refractivity contribution is 5.96. The van der Waals surface area contributed by atoms with Gasteiger partial charge in [-0.15, -0.1) is 0 Å². The van der Waals surface area contributed by atoms with Crippen LogP contribution < -0.4 is 10.5 Å². The van der Waals surface area contributed by atoms with Gasteiger partial charge in [-0.3, -0.25) is 4.79 Å². The number of likely N-dealkylation sites (tertiary alicyclic amines) is 1. The van der Waals surface area contributed by atoms with E-state index in [0.717, 1.165) is 25.8 Å². The Hall–Kier alpha value is -2.49. The van der Waals surface area contributed by atoms with Gasteiger partial charge < -0.3 is 15.4 Å². The third-order valence-corrected chi connectivity index (χ3v) is 5.34. The summed E-state index contributed by atoms with van der Waals surface area (Å²) in [7, 11) is 1.58. The van der Waals surface area contributed by atoms with E-state index in [1.165, 1.54) is 11.1 Å². The Bertz CT molecular complexity index is 748. The zero-order valence-corrected chi connectivity index (χ0v) is 15.0. The Balaban J connectivity index is 1.84. The number of benzene rings is 1. The number of hydrogen-bond donors (Lipinski definition) is 1. The number of allylic oxidation sites excluding steroid dienone is 3.